The molecule has 0 amide bonds. The summed E-state index contributed by atoms with van der Waals surface area (Å²) >= 11 is 1.71. The molecule has 0 N–H and O–H groups in total. The number of rotatable bonds is 2. The highest BCUT2D eigenvalue weighted by Gasteiger charge is 2.34. The van der Waals surface area contributed by atoms with Gasteiger partial charge in [-0.25, -0.2) is 8.42 Å². The summed E-state index contributed by atoms with van der Waals surface area (Å²) in [6.45, 7) is 0.561. The Hall–Kier alpha value is -1.17. The minimum atomic E-state index is -3.21. The van der Waals surface area contributed by atoms with Crippen molar-refractivity contribution in [2.75, 3.05) is 12.8 Å². The van der Waals surface area contributed by atoms with Crippen molar-refractivity contribution in [3.8, 4) is 0 Å². The summed E-state index contributed by atoms with van der Waals surface area (Å²) in [5.41, 5.74) is 2.17. The van der Waals surface area contributed by atoms with E-state index in [1.54, 1.807) is 15.6 Å². The lowest BCUT2D eigenvalue weighted by molar-refractivity contribution is 0.349. The van der Waals surface area contributed by atoms with Crippen LogP contribution in [0.15, 0.2) is 41.8 Å². The van der Waals surface area contributed by atoms with Crippen molar-refractivity contribution in [1.29, 1.82) is 0 Å². The lowest BCUT2D eigenvalue weighted by atomic mass is 9.95. The fraction of sp³-hybridized carbons (Fsp3) is 0.286. The predicted molar refractivity (Wildman–Crippen MR) is 77.9 cm³/mol. The van der Waals surface area contributed by atoms with Crippen molar-refractivity contribution < 1.29 is 8.42 Å². The fourth-order valence-corrected chi connectivity index (χ4v) is 4.58. The molecular formula is C14H15NO2S2. The molecule has 3 rings (SSSR count). The summed E-state index contributed by atoms with van der Waals surface area (Å²) in [6.07, 6.45) is 2.10. The minimum absolute atomic E-state index is 0.175. The number of fused-ring (bicyclic) bond motifs is 1. The van der Waals surface area contributed by atoms with Gasteiger partial charge in [-0.1, -0.05) is 30.3 Å². The molecule has 0 saturated carbocycles. The molecule has 0 bridgehead atoms. The fourth-order valence-electron chi connectivity index (χ4n) is 2.63. The molecule has 2 aromatic rings. The number of sulfonamides is 1. The molecular weight excluding hydrogens is 278 g/mol. The maximum Gasteiger partial charge on any atom is 0.212 e. The van der Waals surface area contributed by atoms with Gasteiger partial charge in [-0.15, -0.1) is 11.3 Å². The third-order valence-corrected chi connectivity index (χ3v) is 5.70. The van der Waals surface area contributed by atoms with E-state index in [0.717, 1.165) is 17.5 Å². The van der Waals surface area contributed by atoms with Gasteiger partial charge in [0.15, 0.2) is 0 Å². The van der Waals surface area contributed by atoms with Crippen LogP contribution in [-0.4, -0.2) is 25.5 Å². The van der Waals surface area contributed by atoms with Gasteiger partial charge in [0.05, 0.1) is 12.3 Å². The number of thiophene rings is 1. The second-order valence-electron chi connectivity index (χ2n) is 4.74. The maximum atomic E-state index is 12.0. The molecule has 0 spiro atoms. The summed E-state index contributed by atoms with van der Waals surface area (Å²) in [4.78, 5) is 1.30. The van der Waals surface area contributed by atoms with Gasteiger partial charge >= 0.3 is 0 Å². The Labute approximate surface area is 117 Å². The van der Waals surface area contributed by atoms with E-state index in [4.69, 9.17) is 0 Å². The maximum absolute atomic E-state index is 12.0. The number of benzene rings is 1. The van der Waals surface area contributed by atoms with E-state index in [9.17, 15) is 8.42 Å². The van der Waals surface area contributed by atoms with Crippen LogP contribution in [0.3, 0.4) is 0 Å². The smallest absolute Gasteiger partial charge is 0.212 e. The van der Waals surface area contributed by atoms with E-state index in [0.29, 0.717) is 6.54 Å². The molecule has 1 aliphatic rings. The zero-order valence-electron chi connectivity index (χ0n) is 10.6. The molecule has 1 aliphatic heterocycles. The molecule has 1 aromatic carbocycles. The molecule has 0 fully saturated rings. The molecule has 1 unspecified atom stereocenters. The van der Waals surface area contributed by atoms with Crippen LogP contribution in [0.2, 0.25) is 0 Å². The first-order valence-corrected chi connectivity index (χ1v) is 8.88. The Morgan fingerprint density at radius 2 is 1.95 bits per heavy atom. The highest BCUT2D eigenvalue weighted by Crippen LogP contribution is 2.38. The van der Waals surface area contributed by atoms with E-state index in [1.165, 1.54) is 11.1 Å². The standard InChI is InChI=1S/C14H15NO2S2/c1-19(16,17)15-9-7-13-12(8-10-18-13)14(15)11-5-3-2-4-6-11/h2-6,8,10,14H,7,9H2,1H3. The van der Waals surface area contributed by atoms with Gasteiger partial charge in [-0.05, 0) is 29.0 Å². The first-order valence-electron chi connectivity index (χ1n) is 6.15. The van der Waals surface area contributed by atoms with Crippen LogP contribution >= 0.6 is 11.3 Å². The third kappa shape index (κ3) is 2.33. The first kappa shape index (κ1) is 12.8. The molecule has 19 heavy (non-hydrogen) atoms. The van der Waals surface area contributed by atoms with Crippen molar-refractivity contribution in [2.24, 2.45) is 0 Å². The Morgan fingerprint density at radius 1 is 1.21 bits per heavy atom. The summed E-state index contributed by atoms with van der Waals surface area (Å²) < 4.78 is 25.7. The molecule has 1 atom stereocenters. The lowest BCUT2D eigenvalue weighted by Gasteiger charge is -2.34. The van der Waals surface area contributed by atoms with E-state index >= 15 is 0 Å². The van der Waals surface area contributed by atoms with Crippen molar-refractivity contribution in [3.63, 3.8) is 0 Å². The Balaban J connectivity index is 2.15. The summed E-state index contributed by atoms with van der Waals surface area (Å²) in [5, 5.41) is 2.05. The van der Waals surface area contributed by atoms with Crippen molar-refractivity contribution in [1.82, 2.24) is 4.31 Å². The second kappa shape index (κ2) is 4.74. The topological polar surface area (TPSA) is 37.4 Å². The molecule has 100 valence electrons. The van der Waals surface area contributed by atoms with E-state index in [1.807, 2.05) is 35.7 Å². The monoisotopic (exact) mass is 293 g/mol. The van der Waals surface area contributed by atoms with E-state index in [-0.39, 0.29) is 6.04 Å². The van der Waals surface area contributed by atoms with Crippen LogP contribution < -0.4 is 0 Å². The summed E-state index contributed by atoms with van der Waals surface area (Å²) in [5.74, 6) is 0. The lowest BCUT2D eigenvalue weighted by Crippen LogP contribution is -2.39. The third-order valence-electron chi connectivity index (χ3n) is 3.46. The van der Waals surface area contributed by atoms with Crippen LogP contribution in [-0.2, 0) is 16.4 Å². The number of nitrogens with zero attached hydrogens (tertiary/aromatic N) is 1. The van der Waals surface area contributed by atoms with Crippen LogP contribution in [0.1, 0.15) is 22.0 Å². The largest absolute Gasteiger partial charge is 0.212 e. The molecule has 3 nitrogen and oxygen atoms in total. The molecule has 0 saturated heterocycles. The molecule has 2 heterocycles. The van der Waals surface area contributed by atoms with Crippen LogP contribution in [0.5, 0.6) is 0 Å². The predicted octanol–water partition coefficient (Wildman–Crippen LogP) is 2.66. The zero-order valence-corrected chi connectivity index (χ0v) is 12.2. The SMILES string of the molecule is CS(=O)(=O)N1CCc2sccc2C1c1ccccc1. The molecule has 5 heteroatoms. The highest BCUT2D eigenvalue weighted by atomic mass is 32.2. The van der Waals surface area contributed by atoms with E-state index < -0.39 is 10.0 Å². The van der Waals surface area contributed by atoms with Crippen molar-refractivity contribution in [3.05, 3.63) is 57.8 Å². The number of hydrogen-bond donors (Lipinski definition) is 0. The van der Waals surface area contributed by atoms with Gasteiger partial charge < -0.3 is 0 Å². The van der Waals surface area contributed by atoms with Gasteiger partial charge in [0.2, 0.25) is 10.0 Å². The zero-order chi connectivity index (χ0) is 13.5. The Bertz CT molecular complexity index is 676. The minimum Gasteiger partial charge on any atom is -0.212 e. The summed E-state index contributed by atoms with van der Waals surface area (Å²) in [7, 11) is -3.21. The summed E-state index contributed by atoms with van der Waals surface area (Å²) in [6, 6.07) is 11.7. The van der Waals surface area contributed by atoms with Gasteiger partial charge in [-0.2, -0.15) is 4.31 Å². The second-order valence-corrected chi connectivity index (χ2v) is 7.67. The Kier molecular flexibility index (Phi) is 3.20. The Morgan fingerprint density at radius 3 is 2.63 bits per heavy atom. The van der Waals surface area contributed by atoms with Crippen molar-refractivity contribution >= 4 is 21.4 Å². The van der Waals surface area contributed by atoms with Gasteiger partial charge in [0.1, 0.15) is 0 Å². The first-order chi connectivity index (χ1) is 9.07. The average molecular weight is 293 g/mol. The average Bonchev–Trinajstić information content (AvgIpc) is 2.85. The highest BCUT2D eigenvalue weighted by molar-refractivity contribution is 7.88. The van der Waals surface area contributed by atoms with Crippen LogP contribution in [0.25, 0.3) is 0 Å². The normalized spacial score (nSPS) is 20.2. The molecule has 0 radical (unpaired) electrons. The van der Waals surface area contributed by atoms with Crippen LogP contribution in [0, 0.1) is 0 Å². The number of hydrogen-bond acceptors (Lipinski definition) is 3. The molecule has 1 aromatic heterocycles. The van der Waals surface area contributed by atoms with Gasteiger partial charge in [0, 0.05) is 11.4 Å². The van der Waals surface area contributed by atoms with Crippen molar-refractivity contribution in [2.45, 2.75) is 12.5 Å². The van der Waals surface area contributed by atoms with E-state index in [2.05, 4.69) is 6.07 Å². The van der Waals surface area contributed by atoms with Gasteiger partial charge in [0.25, 0.3) is 0 Å². The van der Waals surface area contributed by atoms with Gasteiger partial charge in [-0.3, -0.25) is 0 Å². The molecule has 0 aliphatic carbocycles. The van der Waals surface area contributed by atoms with Crippen LogP contribution in [0.4, 0.5) is 0 Å². The quantitative estimate of drug-likeness (QED) is 0.853.